The maximum atomic E-state index is 14.0. The van der Waals surface area contributed by atoms with Gasteiger partial charge in [0.2, 0.25) is 0 Å². The first-order valence-corrected chi connectivity index (χ1v) is 12.8. The number of ether oxygens (including phenoxy) is 1. The van der Waals surface area contributed by atoms with E-state index in [2.05, 4.69) is 43.4 Å². The number of amides is 2. The van der Waals surface area contributed by atoms with Gasteiger partial charge in [-0.05, 0) is 72.6 Å². The summed E-state index contributed by atoms with van der Waals surface area (Å²) >= 11 is 6.53. The van der Waals surface area contributed by atoms with Crippen molar-refractivity contribution in [1.82, 2.24) is 0 Å². The van der Waals surface area contributed by atoms with Crippen LogP contribution in [0, 0.1) is 0 Å². The van der Waals surface area contributed by atoms with Gasteiger partial charge in [0.15, 0.2) is 0 Å². The number of carbonyl (C=O) groups excluding carboxylic acids is 1. The van der Waals surface area contributed by atoms with Gasteiger partial charge in [-0.15, -0.1) is 0 Å². The first-order chi connectivity index (χ1) is 16.7. The summed E-state index contributed by atoms with van der Waals surface area (Å²) in [6.45, 7) is 10.4. The Morgan fingerprint density at radius 3 is 2.34 bits per heavy atom. The van der Waals surface area contributed by atoms with E-state index in [0.29, 0.717) is 35.2 Å². The molecule has 3 N–H and O–H groups in total. The lowest BCUT2D eigenvalue weighted by molar-refractivity contribution is 0.142. The third kappa shape index (κ3) is 5.91. The van der Waals surface area contributed by atoms with Crippen molar-refractivity contribution in [3.8, 4) is 0 Å². The molecule has 1 aliphatic carbocycles. The minimum absolute atomic E-state index is 0.0622. The first-order valence-electron chi connectivity index (χ1n) is 12.4. The zero-order chi connectivity index (χ0) is 25.7. The maximum absolute atomic E-state index is 14.0. The average molecular weight is 496 g/mol. The number of rotatable bonds is 8. The highest BCUT2D eigenvalue weighted by molar-refractivity contribution is 6.32. The molecule has 35 heavy (non-hydrogen) atoms. The van der Waals surface area contributed by atoms with Gasteiger partial charge in [0.05, 0.1) is 17.8 Å². The fourth-order valence-electron chi connectivity index (χ4n) is 4.59. The molecule has 0 saturated carbocycles. The monoisotopic (exact) mass is 495 g/mol. The van der Waals surface area contributed by atoms with Gasteiger partial charge in [-0.2, -0.15) is 0 Å². The van der Waals surface area contributed by atoms with Crippen LogP contribution in [-0.4, -0.2) is 25.3 Å². The predicted molar refractivity (Wildman–Crippen MR) is 149 cm³/mol. The fraction of sp³-hybridized carbons (Fsp3) is 0.414. The van der Waals surface area contributed by atoms with E-state index in [1.165, 1.54) is 5.56 Å². The Labute approximate surface area is 215 Å². The van der Waals surface area contributed by atoms with Gasteiger partial charge in [-0.25, -0.2) is 4.79 Å². The Kier molecular flexibility index (Phi) is 9.03. The Morgan fingerprint density at radius 2 is 1.83 bits per heavy atom. The van der Waals surface area contributed by atoms with Gasteiger partial charge in [-0.1, -0.05) is 69.7 Å². The lowest BCUT2D eigenvalue weighted by Gasteiger charge is -2.32. The average Bonchev–Trinajstić information content (AvgIpc) is 2.84. The van der Waals surface area contributed by atoms with E-state index in [9.17, 15) is 4.79 Å². The van der Waals surface area contributed by atoms with Gasteiger partial charge in [0, 0.05) is 23.5 Å². The molecule has 188 valence electrons. The molecule has 0 aliphatic heterocycles. The molecule has 1 aliphatic rings. The normalized spacial score (nSPS) is 16.2. The van der Waals surface area contributed by atoms with Crippen LogP contribution in [0.15, 0.2) is 54.1 Å². The molecule has 2 aromatic carbocycles. The Balaban J connectivity index is 2.04. The van der Waals surface area contributed by atoms with Crippen molar-refractivity contribution < 1.29 is 9.53 Å². The maximum Gasteiger partial charge on any atom is 0.326 e. The number of nitrogen functional groups attached to an aromatic ring is 1. The molecule has 0 spiro atoms. The van der Waals surface area contributed by atoms with Crippen molar-refractivity contribution in [3.63, 3.8) is 0 Å². The summed E-state index contributed by atoms with van der Waals surface area (Å²) in [5, 5.41) is 3.76. The van der Waals surface area contributed by atoms with E-state index in [0.717, 1.165) is 28.8 Å². The first kappa shape index (κ1) is 26.8. The highest BCUT2D eigenvalue weighted by Gasteiger charge is 2.27. The number of nitrogens with two attached hydrogens (primary N) is 1. The van der Waals surface area contributed by atoms with Crippen molar-refractivity contribution in [3.05, 3.63) is 75.8 Å². The van der Waals surface area contributed by atoms with Crippen LogP contribution in [-0.2, 0) is 17.6 Å². The van der Waals surface area contributed by atoms with Crippen LogP contribution in [0.5, 0.6) is 0 Å². The number of benzene rings is 2. The van der Waals surface area contributed by atoms with E-state index < -0.39 is 0 Å². The largest absolute Gasteiger partial charge is 0.398 e. The number of anilines is 3. The van der Waals surface area contributed by atoms with Crippen LogP contribution in [0.4, 0.5) is 21.9 Å². The second-order valence-corrected chi connectivity index (χ2v) is 9.69. The van der Waals surface area contributed by atoms with Crippen molar-refractivity contribution in [1.29, 1.82) is 0 Å². The van der Waals surface area contributed by atoms with E-state index in [1.807, 2.05) is 43.9 Å². The van der Waals surface area contributed by atoms with Gasteiger partial charge in [0.25, 0.3) is 0 Å². The van der Waals surface area contributed by atoms with Crippen molar-refractivity contribution in [2.45, 2.75) is 71.9 Å². The van der Waals surface area contributed by atoms with Crippen LogP contribution >= 0.6 is 11.6 Å². The molecule has 0 saturated heterocycles. The predicted octanol–water partition coefficient (Wildman–Crippen LogP) is 7.50. The number of nitrogens with one attached hydrogen (secondary N) is 1. The molecule has 2 amide bonds. The zero-order valence-electron chi connectivity index (χ0n) is 21.7. The van der Waals surface area contributed by atoms with Crippen LogP contribution in [0.2, 0.25) is 5.02 Å². The SMILES string of the molecule is CCc1c(N)cc(Cl)c(CC)c1NC(=O)N(c1ccc(C(C)C)cc1)[C@H](C)C1=CCC(OC)C=C1. The third-order valence-electron chi connectivity index (χ3n) is 6.78. The molecule has 0 heterocycles. The molecule has 0 bridgehead atoms. The van der Waals surface area contributed by atoms with Crippen LogP contribution in [0.25, 0.3) is 0 Å². The number of hydrogen-bond donors (Lipinski definition) is 2. The molecule has 2 aromatic rings. The van der Waals surface area contributed by atoms with Crippen LogP contribution in [0.1, 0.15) is 63.6 Å². The number of methoxy groups -OCH3 is 1. The van der Waals surface area contributed by atoms with E-state index in [4.69, 9.17) is 22.1 Å². The number of urea groups is 1. The molecule has 3 rings (SSSR count). The molecule has 6 heteroatoms. The summed E-state index contributed by atoms with van der Waals surface area (Å²) in [6.07, 6.45) is 8.46. The summed E-state index contributed by atoms with van der Waals surface area (Å²) in [5.41, 5.74) is 12.5. The standard InChI is InChI=1S/C29H38ClN3O2/c1-7-24-26(30)17-27(31)25(8-2)28(24)32-29(34)33(22-13-9-20(10-14-22)18(3)4)19(5)21-11-15-23(35-6)16-12-21/h9-15,17-19,23H,7-8,16,31H2,1-6H3,(H,32,34)/t19-,23?/m1/s1. The lowest BCUT2D eigenvalue weighted by atomic mass is 9.97. The lowest BCUT2D eigenvalue weighted by Crippen LogP contribution is -2.43. The minimum Gasteiger partial charge on any atom is -0.398 e. The summed E-state index contributed by atoms with van der Waals surface area (Å²) in [7, 11) is 1.71. The smallest absolute Gasteiger partial charge is 0.326 e. The molecule has 0 aromatic heterocycles. The quantitative estimate of drug-likeness (QED) is 0.372. The number of halogens is 1. The third-order valence-corrected chi connectivity index (χ3v) is 7.12. The van der Waals surface area contributed by atoms with Crippen LogP contribution in [0.3, 0.4) is 0 Å². The second kappa shape index (κ2) is 11.8. The molecule has 5 nitrogen and oxygen atoms in total. The van der Waals surface area contributed by atoms with Gasteiger partial charge < -0.3 is 15.8 Å². The molecule has 0 fully saturated rings. The van der Waals surface area contributed by atoms with Gasteiger partial charge in [-0.3, -0.25) is 4.90 Å². The van der Waals surface area contributed by atoms with Crippen LogP contribution < -0.4 is 16.0 Å². The van der Waals surface area contributed by atoms with E-state index in [-0.39, 0.29) is 18.2 Å². The molecular formula is C29H38ClN3O2. The molecular weight excluding hydrogens is 458 g/mol. The minimum atomic E-state index is -0.218. The Hall–Kier alpha value is -2.76. The molecule has 0 radical (unpaired) electrons. The summed E-state index contributed by atoms with van der Waals surface area (Å²) in [6, 6.07) is 9.58. The number of carbonyl (C=O) groups is 1. The van der Waals surface area contributed by atoms with Crippen molar-refractivity contribution in [2.24, 2.45) is 0 Å². The molecule has 1 unspecified atom stereocenters. The topological polar surface area (TPSA) is 67.6 Å². The zero-order valence-corrected chi connectivity index (χ0v) is 22.4. The highest BCUT2D eigenvalue weighted by Crippen LogP contribution is 2.35. The number of hydrogen-bond acceptors (Lipinski definition) is 3. The second-order valence-electron chi connectivity index (χ2n) is 9.28. The van der Waals surface area contributed by atoms with Gasteiger partial charge in [0.1, 0.15) is 0 Å². The Morgan fingerprint density at radius 1 is 1.17 bits per heavy atom. The fourth-order valence-corrected chi connectivity index (χ4v) is 4.93. The highest BCUT2D eigenvalue weighted by atomic mass is 35.5. The van der Waals surface area contributed by atoms with Gasteiger partial charge >= 0.3 is 6.03 Å². The number of nitrogens with zero attached hydrogens (tertiary/aromatic N) is 1. The summed E-state index contributed by atoms with van der Waals surface area (Å²) in [5.74, 6) is 0.410. The van der Waals surface area contributed by atoms with Crippen molar-refractivity contribution >= 4 is 34.7 Å². The van der Waals surface area contributed by atoms with E-state index >= 15 is 0 Å². The van der Waals surface area contributed by atoms with Crippen molar-refractivity contribution in [2.75, 3.05) is 23.1 Å². The summed E-state index contributed by atoms with van der Waals surface area (Å²) in [4.78, 5) is 15.8. The van der Waals surface area contributed by atoms with E-state index in [1.54, 1.807) is 13.2 Å². The Bertz CT molecular complexity index is 1080. The molecule has 2 atom stereocenters. The summed E-state index contributed by atoms with van der Waals surface area (Å²) < 4.78 is 5.45.